The summed E-state index contributed by atoms with van der Waals surface area (Å²) in [7, 11) is -5.54. The van der Waals surface area contributed by atoms with Crippen molar-refractivity contribution >= 4 is 31.9 Å². The summed E-state index contributed by atoms with van der Waals surface area (Å²) in [4.78, 5) is 12.2. The molecule has 2 aromatic rings. The zero-order valence-electron chi connectivity index (χ0n) is 15.6. The van der Waals surface area contributed by atoms with Gasteiger partial charge in [-0.05, 0) is 48.4 Å². The fourth-order valence-corrected chi connectivity index (χ4v) is 4.10. The van der Waals surface area contributed by atoms with Crippen LogP contribution >= 0.6 is 0 Å². The van der Waals surface area contributed by atoms with Crippen LogP contribution in [0.25, 0.3) is 0 Å². The molecule has 1 amide bonds. The van der Waals surface area contributed by atoms with Crippen LogP contribution in [0.5, 0.6) is 5.75 Å². The fourth-order valence-electron chi connectivity index (χ4n) is 2.47. The number of benzene rings is 2. The summed E-state index contributed by atoms with van der Waals surface area (Å²) in [5.41, 5.74) is 0.684. The molecule has 10 nitrogen and oxygen atoms in total. The predicted octanol–water partition coefficient (Wildman–Crippen LogP) is 0.546. The molecule has 12 heteroatoms. The summed E-state index contributed by atoms with van der Waals surface area (Å²) < 4.78 is 65.0. The van der Waals surface area contributed by atoms with Crippen LogP contribution in [0.1, 0.15) is 5.56 Å². The Morgan fingerprint density at radius 3 is 2.10 bits per heavy atom. The number of likely N-dealkylation sites (N-methyl/N-ethyl adjacent to an activating group) is 1. The largest absolute Gasteiger partial charge is 0.497 e. The number of carbonyl (C=O) groups is 1. The number of sulfonamides is 1. The number of carbonyl (C=O) groups excluding carboxylic acids is 1. The Morgan fingerprint density at radius 1 is 1.03 bits per heavy atom. The van der Waals surface area contributed by atoms with Gasteiger partial charge in [0.25, 0.3) is 0 Å². The summed E-state index contributed by atoms with van der Waals surface area (Å²) in [5.74, 6) is -0.0485. The van der Waals surface area contributed by atoms with Gasteiger partial charge in [0.15, 0.2) is 0 Å². The van der Waals surface area contributed by atoms with Crippen molar-refractivity contribution in [1.82, 2.24) is 10.0 Å². The van der Waals surface area contributed by atoms with Gasteiger partial charge in [-0.15, -0.1) is 0 Å². The first kappa shape index (κ1) is 22.6. The zero-order valence-corrected chi connectivity index (χ0v) is 17.2. The van der Waals surface area contributed by atoms with Gasteiger partial charge in [0, 0.05) is 7.05 Å². The Morgan fingerprint density at radius 2 is 1.62 bits per heavy atom. The van der Waals surface area contributed by atoms with Crippen LogP contribution in [-0.2, 0) is 31.5 Å². The summed E-state index contributed by atoms with van der Waals surface area (Å²) in [6.07, 6.45) is 0.0151. The number of anilines is 1. The topological polar surface area (TPSA) is 151 Å². The highest BCUT2D eigenvalue weighted by atomic mass is 32.2. The smallest absolute Gasteiger partial charge is 0.357 e. The molecule has 4 N–H and O–H groups in total. The summed E-state index contributed by atoms with van der Waals surface area (Å²) in [6, 6.07) is 10.4. The lowest BCUT2D eigenvalue weighted by molar-refractivity contribution is -0.122. The van der Waals surface area contributed by atoms with Gasteiger partial charge in [-0.3, -0.25) is 14.1 Å². The van der Waals surface area contributed by atoms with Crippen molar-refractivity contribution in [3.05, 3.63) is 54.1 Å². The van der Waals surface area contributed by atoms with Crippen LogP contribution in [-0.4, -0.2) is 47.5 Å². The normalized spacial score (nSPS) is 12.8. The number of nitrogens with one attached hydrogen (secondary N) is 3. The molecule has 2 rings (SSSR count). The maximum Gasteiger partial charge on any atom is 0.357 e. The minimum atomic E-state index is -4.40. The van der Waals surface area contributed by atoms with Gasteiger partial charge in [-0.2, -0.15) is 13.1 Å². The molecule has 1 atom stereocenters. The minimum Gasteiger partial charge on any atom is -0.497 e. The van der Waals surface area contributed by atoms with E-state index in [9.17, 15) is 21.6 Å². The van der Waals surface area contributed by atoms with E-state index in [2.05, 4.69) is 10.0 Å². The van der Waals surface area contributed by atoms with Crippen LogP contribution in [0.15, 0.2) is 53.4 Å². The second-order valence-corrected chi connectivity index (χ2v) is 8.81. The summed E-state index contributed by atoms with van der Waals surface area (Å²) in [5, 5.41) is 2.41. The Hall–Kier alpha value is -2.67. The third kappa shape index (κ3) is 6.71. The Balaban J connectivity index is 2.19. The molecular weight excluding hydrogens is 422 g/mol. The number of hydrogen-bond donors (Lipinski definition) is 4. The van der Waals surface area contributed by atoms with Gasteiger partial charge in [0.05, 0.1) is 17.7 Å². The number of amides is 1. The van der Waals surface area contributed by atoms with E-state index in [0.29, 0.717) is 11.3 Å². The van der Waals surface area contributed by atoms with Gasteiger partial charge >= 0.3 is 10.3 Å². The highest BCUT2D eigenvalue weighted by Crippen LogP contribution is 2.17. The van der Waals surface area contributed by atoms with Crippen molar-refractivity contribution in [1.29, 1.82) is 0 Å². The van der Waals surface area contributed by atoms with Crippen LogP contribution < -0.4 is 19.5 Å². The van der Waals surface area contributed by atoms with E-state index in [1.807, 2.05) is 4.72 Å². The van der Waals surface area contributed by atoms with Crippen LogP contribution in [0.3, 0.4) is 0 Å². The molecule has 0 spiro atoms. The molecule has 0 heterocycles. The van der Waals surface area contributed by atoms with Crippen molar-refractivity contribution in [2.24, 2.45) is 0 Å². The fraction of sp³-hybridized carbons (Fsp3) is 0.235. The maximum atomic E-state index is 12.6. The lowest BCUT2D eigenvalue weighted by Crippen LogP contribution is -2.46. The number of rotatable bonds is 9. The van der Waals surface area contributed by atoms with E-state index in [-0.39, 0.29) is 17.0 Å². The van der Waals surface area contributed by atoms with Gasteiger partial charge < -0.3 is 10.1 Å². The van der Waals surface area contributed by atoms with E-state index in [4.69, 9.17) is 9.29 Å². The molecule has 0 aliphatic heterocycles. The SMILES string of the molecule is CNC(=O)[C@H](Cc1ccc(NS(=O)(=O)O)cc1)NS(=O)(=O)c1ccc(OC)cc1. The molecular formula is C17H21N3O7S2. The molecule has 0 bridgehead atoms. The Bertz CT molecular complexity index is 1050. The van der Waals surface area contributed by atoms with Crippen molar-refractivity contribution in [3.8, 4) is 5.75 Å². The summed E-state index contributed by atoms with van der Waals surface area (Å²) in [6.45, 7) is 0. The highest BCUT2D eigenvalue weighted by Gasteiger charge is 2.25. The van der Waals surface area contributed by atoms with E-state index in [1.54, 1.807) is 0 Å². The van der Waals surface area contributed by atoms with E-state index >= 15 is 0 Å². The number of methoxy groups -OCH3 is 1. The Labute approximate surface area is 169 Å². The van der Waals surface area contributed by atoms with E-state index in [1.165, 1.54) is 62.7 Å². The minimum absolute atomic E-state index is 0.0151. The maximum absolute atomic E-state index is 12.6. The average Bonchev–Trinajstić information content (AvgIpc) is 2.67. The number of hydrogen-bond acceptors (Lipinski definition) is 6. The molecule has 158 valence electrons. The average molecular weight is 444 g/mol. The molecule has 0 saturated carbocycles. The Kier molecular flexibility index (Phi) is 7.19. The first-order valence-corrected chi connectivity index (χ1v) is 11.2. The molecule has 0 radical (unpaired) electrons. The molecule has 2 aromatic carbocycles. The molecule has 0 fully saturated rings. The van der Waals surface area contributed by atoms with Gasteiger partial charge in [0.2, 0.25) is 15.9 Å². The summed E-state index contributed by atoms with van der Waals surface area (Å²) >= 11 is 0. The standard InChI is InChI=1S/C17H21N3O7S2/c1-18-17(21)16(11-12-3-5-13(6-4-12)19-29(24,25)26)20-28(22,23)15-9-7-14(27-2)8-10-15/h3-10,16,19-20H,11H2,1-2H3,(H,18,21)(H,24,25,26)/t16-/m0/s1. The molecule has 0 aliphatic rings. The molecule has 0 aliphatic carbocycles. The third-order valence-electron chi connectivity index (χ3n) is 3.87. The molecule has 0 saturated heterocycles. The van der Waals surface area contributed by atoms with Crippen molar-refractivity contribution in [2.75, 3.05) is 18.9 Å². The van der Waals surface area contributed by atoms with E-state index < -0.39 is 32.3 Å². The monoisotopic (exact) mass is 443 g/mol. The lowest BCUT2D eigenvalue weighted by atomic mass is 10.1. The van der Waals surface area contributed by atoms with Crippen LogP contribution in [0.4, 0.5) is 5.69 Å². The first-order valence-electron chi connectivity index (χ1n) is 8.26. The molecule has 0 aromatic heterocycles. The van der Waals surface area contributed by atoms with Crippen molar-refractivity contribution < 1.29 is 30.9 Å². The quantitative estimate of drug-likeness (QED) is 0.413. The lowest BCUT2D eigenvalue weighted by Gasteiger charge is -2.18. The number of ether oxygens (including phenoxy) is 1. The van der Waals surface area contributed by atoms with Gasteiger partial charge in [0.1, 0.15) is 11.8 Å². The molecule has 29 heavy (non-hydrogen) atoms. The second-order valence-electron chi connectivity index (χ2n) is 5.94. The van der Waals surface area contributed by atoms with Crippen LogP contribution in [0, 0.1) is 0 Å². The zero-order chi connectivity index (χ0) is 21.7. The third-order valence-corrected chi connectivity index (χ3v) is 5.85. The van der Waals surface area contributed by atoms with E-state index in [0.717, 1.165) is 0 Å². The second kappa shape index (κ2) is 9.22. The van der Waals surface area contributed by atoms with Gasteiger partial charge in [-0.1, -0.05) is 12.1 Å². The van der Waals surface area contributed by atoms with Crippen molar-refractivity contribution in [2.45, 2.75) is 17.4 Å². The van der Waals surface area contributed by atoms with Crippen LogP contribution in [0.2, 0.25) is 0 Å². The highest BCUT2D eigenvalue weighted by molar-refractivity contribution is 7.89. The first-order chi connectivity index (χ1) is 13.5. The molecule has 0 unspecified atom stereocenters. The van der Waals surface area contributed by atoms with Crippen molar-refractivity contribution in [3.63, 3.8) is 0 Å². The van der Waals surface area contributed by atoms with Gasteiger partial charge in [-0.25, -0.2) is 8.42 Å². The predicted molar refractivity (Wildman–Crippen MR) is 106 cm³/mol.